The lowest BCUT2D eigenvalue weighted by Crippen LogP contribution is -1.92. The highest BCUT2D eigenvalue weighted by atomic mass is 16.6. The molecular weight excluding hydrogens is 208 g/mol. The summed E-state index contributed by atoms with van der Waals surface area (Å²) in [6, 6.07) is 0. The van der Waals surface area contributed by atoms with Gasteiger partial charge in [0.15, 0.2) is 0 Å². The Morgan fingerprint density at radius 1 is 1.25 bits per heavy atom. The Hall–Kier alpha value is -2.31. The lowest BCUT2D eigenvalue weighted by atomic mass is 10.3. The van der Waals surface area contributed by atoms with Gasteiger partial charge in [0.2, 0.25) is 11.3 Å². The van der Waals surface area contributed by atoms with Crippen molar-refractivity contribution in [2.45, 2.75) is 13.5 Å². The van der Waals surface area contributed by atoms with E-state index in [1.165, 1.54) is 0 Å². The zero-order chi connectivity index (χ0) is 11.0. The van der Waals surface area contributed by atoms with Crippen LogP contribution in [0.2, 0.25) is 0 Å². The van der Waals surface area contributed by atoms with Crippen molar-refractivity contribution in [1.29, 1.82) is 0 Å². The minimum atomic E-state index is 0.404. The summed E-state index contributed by atoms with van der Waals surface area (Å²) in [5.41, 5.74) is 2.43. The van der Waals surface area contributed by atoms with Crippen molar-refractivity contribution in [1.82, 2.24) is 30.1 Å². The molecule has 0 aliphatic carbocycles. The minimum Gasteiger partial charge on any atom is -0.272 e. The number of aryl methyl sites for hydroxylation is 1. The maximum atomic E-state index is 4.54. The first-order chi connectivity index (χ1) is 7.86. The monoisotopic (exact) mass is 216 g/mol. The molecule has 0 aliphatic heterocycles. The second-order valence-corrected chi connectivity index (χ2v) is 3.25. The van der Waals surface area contributed by atoms with E-state index in [-0.39, 0.29) is 0 Å². The van der Waals surface area contributed by atoms with Gasteiger partial charge in [-0.2, -0.15) is 5.10 Å². The summed E-state index contributed by atoms with van der Waals surface area (Å²) in [7, 11) is 0. The Morgan fingerprint density at radius 3 is 2.94 bits per heavy atom. The summed E-state index contributed by atoms with van der Waals surface area (Å²) < 4.78 is 6.36. The molecule has 7 heteroatoms. The fourth-order valence-corrected chi connectivity index (χ4v) is 1.40. The molecule has 80 valence electrons. The van der Waals surface area contributed by atoms with E-state index < -0.39 is 0 Å². The number of nitrogens with zero attached hydrogens (tertiary/aromatic N) is 6. The van der Waals surface area contributed by atoms with Crippen LogP contribution in [0, 0.1) is 0 Å². The fourth-order valence-electron chi connectivity index (χ4n) is 1.40. The maximum Gasteiger partial charge on any atom is 0.243 e. The third-order valence-electron chi connectivity index (χ3n) is 2.24. The molecule has 3 rings (SSSR count). The molecule has 3 aromatic rings. The normalized spacial score (nSPS) is 11.1. The number of rotatable bonds is 2. The molecule has 3 aromatic heterocycles. The van der Waals surface area contributed by atoms with Gasteiger partial charge in [-0.05, 0) is 17.2 Å². The summed E-state index contributed by atoms with van der Waals surface area (Å²) in [5, 5.41) is 11.4. The van der Waals surface area contributed by atoms with E-state index in [9.17, 15) is 0 Å². The van der Waals surface area contributed by atoms with Crippen LogP contribution in [0.4, 0.5) is 0 Å². The van der Waals surface area contributed by atoms with Crippen LogP contribution >= 0.6 is 0 Å². The van der Waals surface area contributed by atoms with Crippen molar-refractivity contribution in [3.05, 3.63) is 18.6 Å². The molecule has 0 N–H and O–H groups in total. The van der Waals surface area contributed by atoms with Crippen LogP contribution < -0.4 is 0 Å². The zero-order valence-electron chi connectivity index (χ0n) is 8.53. The molecule has 0 unspecified atom stereocenters. The van der Waals surface area contributed by atoms with Crippen molar-refractivity contribution in [3.63, 3.8) is 0 Å². The smallest absolute Gasteiger partial charge is 0.243 e. The predicted octanol–water partition coefficient (Wildman–Crippen LogP) is 0.896. The van der Waals surface area contributed by atoms with E-state index in [1.54, 1.807) is 12.4 Å². The SMILES string of the molecule is CCn1cc(-c2cnc3nonc3n2)cn1. The summed E-state index contributed by atoms with van der Waals surface area (Å²) in [4.78, 5) is 8.36. The summed E-state index contributed by atoms with van der Waals surface area (Å²) in [5.74, 6) is 0. The van der Waals surface area contributed by atoms with Crippen LogP contribution in [0.3, 0.4) is 0 Å². The average Bonchev–Trinajstić information content (AvgIpc) is 2.96. The second-order valence-electron chi connectivity index (χ2n) is 3.25. The lowest BCUT2D eigenvalue weighted by Gasteiger charge is -1.93. The zero-order valence-corrected chi connectivity index (χ0v) is 8.53. The number of aromatic nitrogens is 6. The van der Waals surface area contributed by atoms with Gasteiger partial charge in [-0.1, -0.05) is 0 Å². The molecule has 0 amide bonds. The molecule has 0 saturated carbocycles. The van der Waals surface area contributed by atoms with Crippen LogP contribution in [0.5, 0.6) is 0 Å². The van der Waals surface area contributed by atoms with Gasteiger partial charge in [0.05, 0.1) is 18.1 Å². The van der Waals surface area contributed by atoms with Gasteiger partial charge < -0.3 is 0 Å². The van der Waals surface area contributed by atoms with Crippen molar-refractivity contribution in [3.8, 4) is 11.3 Å². The molecule has 0 radical (unpaired) electrons. The first-order valence-corrected chi connectivity index (χ1v) is 4.85. The van der Waals surface area contributed by atoms with E-state index in [1.807, 2.05) is 17.8 Å². The van der Waals surface area contributed by atoms with E-state index in [4.69, 9.17) is 0 Å². The molecule has 3 heterocycles. The van der Waals surface area contributed by atoms with E-state index >= 15 is 0 Å². The highest BCUT2D eigenvalue weighted by Gasteiger charge is 2.08. The molecule has 0 spiro atoms. The predicted molar refractivity (Wildman–Crippen MR) is 54.3 cm³/mol. The Labute approximate surface area is 90.1 Å². The Morgan fingerprint density at radius 2 is 2.12 bits per heavy atom. The Balaban J connectivity index is 2.10. The van der Waals surface area contributed by atoms with Crippen LogP contribution in [0.15, 0.2) is 23.2 Å². The minimum absolute atomic E-state index is 0.404. The molecule has 0 fully saturated rings. The molecule has 0 saturated heterocycles. The molecule has 0 atom stereocenters. The van der Waals surface area contributed by atoms with Crippen LogP contribution in [0.1, 0.15) is 6.92 Å². The summed E-state index contributed by atoms with van der Waals surface area (Å²) in [6.45, 7) is 2.84. The highest BCUT2D eigenvalue weighted by molar-refractivity contribution is 5.68. The van der Waals surface area contributed by atoms with Gasteiger partial charge in [0.25, 0.3) is 0 Å². The Kier molecular flexibility index (Phi) is 1.89. The van der Waals surface area contributed by atoms with E-state index in [2.05, 4.69) is 30.0 Å². The quantitative estimate of drug-likeness (QED) is 0.632. The lowest BCUT2D eigenvalue weighted by molar-refractivity contribution is 0.314. The maximum absolute atomic E-state index is 4.54. The average molecular weight is 216 g/mol. The van der Waals surface area contributed by atoms with Gasteiger partial charge in [-0.15, -0.1) is 0 Å². The largest absolute Gasteiger partial charge is 0.272 e. The molecule has 16 heavy (non-hydrogen) atoms. The van der Waals surface area contributed by atoms with Crippen molar-refractivity contribution in [2.75, 3.05) is 0 Å². The third-order valence-corrected chi connectivity index (χ3v) is 2.24. The van der Waals surface area contributed by atoms with Gasteiger partial charge in [0, 0.05) is 18.3 Å². The second kappa shape index (κ2) is 3.37. The number of hydrogen-bond donors (Lipinski definition) is 0. The van der Waals surface area contributed by atoms with E-state index in [0.29, 0.717) is 17.0 Å². The van der Waals surface area contributed by atoms with Gasteiger partial charge in [-0.3, -0.25) is 4.68 Å². The standard InChI is InChI=1S/C9H8N6O/c1-2-15-5-6(3-11-15)7-4-10-8-9(12-7)14-16-13-8/h3-5H,2H2,1H3. The number of hydrogen-bond acceptors (Lipinski definition) is 6. The fraction of sp³-hybridized carbons (Fsp3) is 0.222. The molecule has 7 nitrogen and oxygen atoms in total. The molecule has 0 aromatic carbocycles. The molecule has 0 aliphatic rings. The summed E-state index contributed by atoms with van der Waals surface area (Å²) in [6.07, 6.45) is 5.28. The Bertz CT molecular complexity index is 628. The van der Waals surface area contributed by atoms with Gasteiger partial charge >= 0.3 is 0 Å². The van der Waals surface area contributed by atoms with Gasteiger partial charge in [-0.25, -0.2) is 14.6 Å². The van der Waals surface area contributed by atoms with Crippen molar-refractivity contribution in [2.24, 2.45) is 0 Å². The van der Waals surface area contributed by atoms with Crippen LogP contribution in [0.25, 0.3) is 22.6 Å². The molecule has 0 bridgehead atoms. The van der Waals surface area contributed by atoms with E-state index in [0.717, 1.165) is 12.1 Å². The first-order valence-electron chi connectivity index (χ1n) is 4.85. The molecular formula is C9H8N6O. The van der Waals surface area contributed by atoms with Gasteiger partial charge in [0.1, 0.15) is 0 Å². The third kappa shape index (κ3) is 1.33. The van der Waals surface area contributed by atoms with Crippen LogP contribution in [-0.2, 0) is 6.54 Å². The number of fused-ring (bicyclic) bond motifs is 1. The first kappa shape index (κ1) is 8.96. The van der Waals surface area contributed by atoms with Crippen molar-refractivity contribution < 1.29 is 4.63 Å². The topological polar surface area (TPSA) is 82.5 Å². The summed E-state index contributed by atoms with van der Waals surface area (Å²) >= 11 is 0. The van der Waals surface area contributed by atoms with Crippen molar-refractivity contribution >= 4 is 11.3 Å². The van der Waals surface area contributed by atoms with Crippen LogP contribution in [-0.4, -0.2) is 30.1 Å². The highest BCUT2D eigenvalue weighted by Crippen LogP contribution is 2.16.